The molecule has 10 nitrogen and oxygen atoms in total. The summed E-state index contributed by atoms with van der Waals surface area (Å²) in [4.78, 5) is 44.6. The molecule has 1 unspecified atom stereocenters. The molecule has 2 aromatic heterocycles. The number of carboxylic acids is 1. The first-order chi connectivity index (χ1) is 22.4. The second-order valence-electron chi connectivity index (χ2n) is 10.5. The van der Waals surface area contributed by atoms with E-state index < -0.39 is 24.5 Å². The fourth-order valence-electron chi connectivity index (χ4n) is 4.75. The molecule has 2 aromatic carbocycles. The number of H-pyrrole nitrogens is 1. The molecule has 5 N–H and O–H groups in total. The summed E-state index contributed by atoms with van der Waals surface area (Å²) in [5.74, 6) is -2.08. The molecule has 2 heterocycles. The number of carboxylic acid groups (broad SMARTS) is 1. The monoisotopic (exact) mass is 638 g/mol. The summed E-state index contributed by atoms with van der Waals surface area (Å²) in [6.45, 7) is -0.478. The average Bonchev–Trinajstić information content (AvgIpc) is 3.77. The van der Waals surface area contributed by atoms with Crippen LogP contribution in [0.2, 0.25) is 0 Å². The van der Waals surface area contributed by atoms with Gasteiger partial charge in [-0.1, -0.05) is 72.8 Å². The van der Waals surface area contributed by atoms with E-state index in [1.54, 1.807) is 23.5 Å². The van der Waals surface area contributed by atoms with Gasteiger partial charge in [0.25, 0.3) is 0 Å². The van der Waals surface area contributed by atoms with Crippen molar-refractivity contribution >= 4 is 40.8 Å². The normalized spacial score (nSPS) is 15.0. The van der Waals surface area contributed by atoms with Crippen LogP contribution in [0.15, 0.2) is 97.2 Å². The van der Waals surface area contributed by atoms with Crippen molar-refractivity contribution in [2.24, 2.45) is 0 Å². The third-order valence-corrected chi connectivity index (χ3v) is 8.33. The lowest BCUT2D eigenvalue weighted by atomic mass is 9.99. The Kier molecular flexibility index (Phi) is 11.1. The number of aromatic nitrogens is 2. The minimum absolute atomic E-state index is 0.145. The van der Waals surface area contributed by atoms with Crippen molar-refractivity contribution in [3.63, 3.8) is 0 Å². The lowest BCUT2D eigenvalue weighted by molar-refractivity contribution is -0.143. The van der Waals surface area contributed by atoms with Crippen LogP contribution in [0.3, 0.4) is 0 Å². The van der Waals surface area contributed by atoms with E-state index in [-0.39, 0.29) is 18.6 Å². The number of carbonyl (C=O) groups excluding carboxylic acids is 2. The Bertz CT molecular complexity index is 1730. The number of aliphatic hydroxyl groups excluding tert-OH is 1. The van der Waals surface area contributed by atoms with Gasteiger partial charge in [0.05, 0.1) is 29.0 Å². The van der Waals surface area contributed by atoms with Crippen molar-refractivity contribution in [2.45, 2.75) is 25.0 Å². The van der Waals surface area contributed by atoms with Crippen LogP contribution < -0.4 is 10.6 Å². The van der Waals surface area contributed by atoms with Gasteiger partial charge in [0.1, 0.15) is 17.7 Å². The van der Waals surface area contributed by atoms with E-state index in [2.05, 4.69) is 15.6 Å². The maximum Gasteiger partial charge on any atom is 0.328 e. The molecule has 0 bridgehead atoms. The highest BCUT2D eigenvalue weighted by Crippen LogP contribution is 2.39. The Hall–Kier alpha value is -5.10. The molecule has 2 atom stereocenters. The maximum absolute atomic E-state index is 12.3. The largest absolute Gasteiger partial charge is 0.480 e. The van der Waals surface area contributed by atoms with Gasteiger partial charge in [-0.15, -0.1) is 11.3 Å². The predicted molar refractivity (Wildman–Crippen MR) is 178 cm³/mol. The van der Waals surface area contributed by atoms with Crippen LogP contribution in [0.4, 0.5) is 0 Å². The highest BCUT2D eigenvalue weighted by molar-refractivity contribution is 7.18. The zero-order chi connectivity index (χ0) is 32.3. The summed E-state index contributed by atoms with van der Waals surface area (Å²) in [7, 11) is 0. The van der Waals surface area contributed by atoms with E-state index in [1.165, 1.54) is 5.56 Å². The molecule has 2 amide bonds. The Balaban J connectivity index is 1.23. The van der Waals surface area contributed by atoms with Crippen LogP contribution in [0.5, 0.6) is 0 Å². The smallest absolute Gasteiger partial charge is 0.328 e. The number of hydrogen-bond acceptors (Lipinski definition) is 7. The van der Waals surface area contributed by atoms with Crippen molar-refractivity contribution in [3.05, 3.63) is 114 Å². The minimum atomic E-state index is -1.37. The van der Waals surface area contributed by atoms with Crippen LogP contribution in [-0.2, 0) is 25.5 Å². The van der Waals surface area contributed by atoms with Gasteiger partial charge in [-0.2, -0.15) is 0 Å². The van der Waals surface area contributed by atoms with E-state index >= 15 is 0 Å². The molecule has 0 radical (unpaired) electrons. The molecule has 0 fully saturated rings. The number of nitrogens with one attached hydrogen (secondary N) is 3. The van der Waals surface area contributed by atoms with Gasteiger partial charge in [0, 0.05) is 18.8 Å². The summed E-state index contributed by atoms with van der Waals surface area (Å²) in [5, 5.41) is 24.1. The number of rotatable bonds is 14. The first-order valence-electron chi connectivity index (χ1n) is 14.8. The van der Waals surface area contributed by atoms with E-state index in [4.69, 9.17) is 19.9 Å². The Morgan fingerprint density at radius 1 is 1.09 bits per heavy atom. The lowest BCUT2D eigenvalue weighted by Gasteiger charge is -2.18. The molecular formula is C35H34N4O6S. The summed E-state index contributed by atoms with van der Waals surface area (Å²) >= 11 is 1.57. The topological polar surface area (TPSA) is 154 Å². The number of thiazole rings is 1. The summed E-state index contributed by atoms with van der Waals surface area (Å²) < 4.78 is 5.65. The maximum atomic E-state index is 12.3. The van der Waals surface area contributed by atoms with Gasteiger partial charge >= 0.3 is 5.97 Å². The standard InChI is InChI=1S/C35H34N4O6S/c40-21-29(35(43)44)38-31(42)22-45-27-15-13-25(14-16-27)32-33(46-34(39-32)28-7-4-19-36-28)26-11-8-24(9-12-26)10-17-30(41)37-20-18-23-5-2-1-3-6-23/h1-15,17,19,27,29,36,40H,16,18,20-22H2,(H,37,41)(H,38,42)(H,43,44)/b17-10+/t27?,29-/m0/s1. The second-order valence-corrected chi connectivity index (χ2v) is 11.5. The Morgan fingerprint density at radius 3 is 2.57 bits per heavy atom. The summed E-state index contributed by atoms with van der Waals surface area (Å²) in [6.07, 6.45) is 11.8. The summed E-state index contributed by atoms with van der Waals surface area (Å²) in [6, 6.07) is 20.5. The van der Waals surface area contributed by atoms with Gasteiger partial charge < -0.3 is 30.6 Å². The number of aliphatic hydroxyl groups is 1. The van der Waals surface area contributed by atoms with Crippen LogP contribution in [-0.4, -0.2) is 69.9 Å². The van der Waals surface area contributed by atoms with E-state index in [0.29, 0.717) is 13.0 Å². The Morgan fingerprint density at radius 2 is 1.89 bits per heavy atom. The van der Waals surface area contributed by atoms with Crippen molar-refractivity contribution < 1.29 is 29.3 Å². The van der Waals surface area contributed by atoms with Crippen LogP contribution >= 0.6 is 11.3 Å². The predicted octanol–water partition coefficient (Wildman–Crippen LogP) is 4.47. The zero-order valence-electron chi connectivity index (χ0n) is 24.9. The fourth-order valence-corrected chi connectivity index (χ4v) is 5.83. The molecule has 1 aliphatic rings. The third kappa shape index (κ3) is 8.75. The van der Waals surface area contributed by atoms with Crippen molar-refractivity contribution in [1.29, 1.82) is 0 Å². The average molecular weight is 639 g/mol. The van der Waals surface area contributed by atoms with Crippen LogP contribution in [0, 0.1) is 0 Å². The third-order valence-electron chi connectivity index (χ3n) is 7.19. The highest BCUT2D eigenvalue weighted by Gasteiger charge is 2.22. The van der Waals surface area contributed by atoms with Gasteiger partial charge in [0.15, 0.2) is 0 Å². The molecule has 236 valence electrons. The molecule has 1 aliphatic carbocycles. The number of hydrogen-bond donors (Lipinski definition) is 5. The Labute approximate surface area is 270 Å². The number of benzene rings is 2. The molecule has 0 spiro atoms. The van der Waals surface area contributed by atoms with Crippen LogP contribution in [0.25, 0.3) is 32.8 Å². The summed E-state index contributed by atoms with van der Waals surface area (Å²) in [5.41, 5.74) is 5.69. The molecule has 11 heteroatoms. The van der Waals surface area contributed by atoms with Crippen molar-refractivity contribution in [2.75, 3.05) is 19.8 Å². The number of nitrogens with zero attached hydrogens (tertiary/aromatic N) is 1. The van der Waals surface area contributed by atoms with Gasteiger partial charge in [-0.25, -0.2) is 9.78 Å². The SMILES string of the molecule is O=C(/C=C/c1ccc(-c2sc(-c3ccc[nH]3)nc2C2=CCC(OCC(=O)N[C@@H](CO)C(=O)O)C=C2)cc1)NCCc1ccccc1. The van der Waals surface area contributed by atoms with Crippen molar-refractivity contribution in [1.82, 2.24) is 20.6 Å². The number of aromatic amines is 1. The molecule has 46 heavy (non-hydrogen) atoms. The lowest BCUT2D eigenvalue weighted by Crippen LogP contribution is -2.45. The number of ether oxygens (including phenoxy) is 1. The van der Waals surface area contributed by atoms with Gasteiger partial charge in [-0.05, 0) is 53.3 Å². The zero-order valence-corrected chi connectivity index (χ0v) is 25.7. The molecule has 0 saturated carbocycles. The van der Waals surface area contributed by atoms with E-state index in [9.17, 15) is 14.4 Å². The second kappa shape index (κ2) is 15.8. The molecule has 4 aromatic rings. The number of aliphatic carboxylic acids is 1. The van der Waals surface area contributed by atoms with Gasteiger partial charge in [0.2, 0.25) is 11.8 Å². The van der Waals surface area contributed by atoms with Crippen LogP contribution in [0.1, 0.15) is 23.2 Å². The van der Waals surface area contributed by atoms with E-state index in [1.807, 2.05) is 91.2 Å². The minimum Gasteiger partial charge on any atom is -0.480 e. The molecular weight excluding hydrogens is 604 g/mol. The molecule has 5 rings (SSSR count). The molecule has 0 saturated heterocycles. The number of carbonyl (C=O) groups is 3. The van der Waals surface area contributed by atoms with E-state index in [0.717, 1.165) is 44.4 Å². The fraction of sp³-hybridized carbons (Fsp3) is 0.200. The number of amides is 2. The number of allylic oxidation sites excluding steroid dienone is 2. The molecule has 0 aliphatic heterocycles. The quantitative estimate of drug-likeness (QED) is 0.128. The first-order valence-corrected chi connectivity index (χ1v) is 15.6. The van der Waals surface area contributed by atoms with Gasteiger partial charge in [-0.3, -0.25) is 9.59 Å². The van der Waals surface area contributed by atoms with Crippen molar-refractivity contribution in [3.8, 4) is 21.1 Å². The highest BCUT2D eigenvalue weighted by atomic mass is 32.1. The first kappa shape index (κ1) is 32.3.